The summed E-state index contributed by atoms with van der Waals surface area (Å²) in [5, 5.41) is 3.56. The summed E-state index contributed by atoms with van der Waals surface area (Å²) in [6, 6.07) is 17.3. The average molecular weight is 304 g/mol. The number of nitrogens with one attached hydrogen (secondary N) is 1. The van der Waals surface area contributed by atoms with Crippen LogP contribution in [0.2, 0.25) is 0 Å². The highest BCUT2D eigenvalue weighted by molar-refractivity contribution is 9.10. The summed E-state index contributed by atoms with van der Waals surface area (Å²) in [5.41, 5.74) is 4.00. The summed E-state index contributed by atoms with van der Waals surface area (Å²) in [7, 11) is 0. The molecule has 2 aromatic carbocycles. The summed E-state index contributed by atoms with van der Waals surface area (Å²) in [6.07, 6.45) is 0. The molecule has 0 spiro atoms. The molecule has 0 aliphatic heterocycles. The van der Waals surface area contributed by atoms with Crippen LogP contribution in [-0.4, -0.2) is 0 Å². The van der Waals surface area contributed by atoms with Crippen LogP contribution in [0.5, 0.6) is 0 Å². The zero-order valence-electron chi connectivity index (χ0n) is 10.8. The third-order valence-electron chi connectivity index (χ3n) is 3.16. The fourth-order valence-corrected chi connectivity index (χ4v) is 2.55. The lowest BCUT2D eigenvalue weighted by Gasteiger charge is -2.16. The molecular formula is C16H18BrN. The molecule has 0 heterocycles. The van der Waals surface area contributed by atoms with Gasteiger partial charge in [0.1, 0.15) is 0 Å². The van der Waals surface area contributed by atoms with Crippen LogP contribution in [0.4, 0.5) is 0 Å². The Labute approximate surface area is 117 Å². The molecule has 1 N–H and O–H groups in total. The van der Waals surface area contributed by atoms with Crippen molar-refractivity contribution in [2.45, 2.75) is 26.4 Å². The zero-order chi connectivity index (χ0) is 13.0. The second kappa shape index (κ2) is 6.17. The van der Waals surface area contributed by atoms with Crippen LogP contribution in [0.3, 0.4) is 0 Å². The average Bonchev–Trinajstić information content (AvgIpc) is 2.37. The van der Waals surface area contributed by atoms with Gasteiger partial charge in [-0.25, -0.2) is 0 Å². The van der Waals surface area contributed by atoms with Gasteiger partial charge in [-0.15, -0.1) is 0 Å². The van der Waals surface area contributed by atoms with Gasteiger partial charge in [0.05, 0.1) is 0 Å². The predicted molar refractivity (Wildman–Crippen MR) is 80.6 cm³/mol. The maximum absolute atomic E-state index is 3.56. The summed E-state index contributed by atoms with van der Waals surface area (Å²) in [6.45, 7) is 5.25. The van der Waals surface area contributed by atoms with Crippen molar-refractivity contribution in [3.05, 3.63) is 69.7 Å². The number of aryl methyl sites for hydroxylation is 1. The molecule has 0 fully saturated rings. The third kappa shape index (κ3) is 3.44. The van der Waals surface area contributed by atoms with E-state index >= 15 is 0 Å². The minimum atomic E-state index is 0.366. The minimum absolute atomic E-state index is 0.366. The van der Waals surface area contributed by atoms with Crippen LogP contribution in [0.15, 0.2) is 53.0 Å². The standard InChI is InChI=1S/C16H18BrN/c1-12-6-3-4-9-16(12)13(2)18-11-14-7-5-8-15(17)10-14/h3-10,13,18H,11H2,1-2H3/t13-/m0/s1. The summed E-state index contributed by atoms with van der Waals surface area (Å²) < 4.78 is 1.13. The Kier molecular flexibility index (Phi) is 4.56. The lowest BCUT2D eigenvalue weighted by atomic mass is 10.0. The van der Waals surface area contributed by atoms with Gasteiger partial charge in [-0.05, 0) is 42.7 Å². The number of hydrogen-bond donors (Lipinski definition) is 1. The van der Waals surface area contributed by atoms with E-state index in [0.717, 1.165) is 11.0 Å². The maximum atomic E-state index is 3.56. The van der Waals surface area contributed by atoms with Crippen LogP contribution < -0.4 is 5.32 Å². The molecule has 18 heavy (non-hydrogen) atoms. The van der Waals surface area contributed by atoms with Crippen LogP contribution in [0.1, 0.15) is 29.7 Å². The fraction of sp³-hybridized carbons (Fsp3) is 0.250. The topological polar surface area (TPSA) is 12.0 Å². The molecule has 0 aliphatic rings. The lowest BCUT2D eigenvalue weighted by molar-refractivity contribution is 0.572. The molecule has 0 aromatic heterocycles. The lowest BCUT2D eigenvalue weighted by Crippen LogP contribution is -2.18. The molecule has 0 saturated carbocycles. The summed E-state index contributed by atoms with van der Waals surface area (Å²) in [4.78, 5) is 0. The largest absolute Gasteiger partial charge is 0.306 e. The summed E-state index contributed by atoms with van der Waals surface area (Å²) >= 11 is 3.50. The van der Waals surface area contributed by atoms with E-state index in [2.05, 4.69) is 77.6 Å². The molecule has 94 valence electrons. The van der Waals surface area contributed by atoms with Crippen LogP contribution in [0.25, 0.3) is 0 Å². The molecule has 0 aliphatic carbocycles. The first-order valence-corrected chi connectivity index (χ1v) is 6.99. The Morgan fingerprint density at radius 1 is 1.11 bits per heavy atom. The van der Waals surface area contributed by atoms with E-state index < -0.39 is 0 Å². The van der Waals surface area contributed by atoms with Crippen molar-refractivity contribution in [1.29, 1.82) is 0 Å². The third-order valence-corrected chi connectivity index (χ3v) is 3.65. The molecule has 2 aromatic rings. The van der Waals surface area contributed by atoms with Gasteiger partial charge in [0, 0.05) is 17.1 Å². The molecule has 1 atom stereocenters. The Morgan fingerprint density at radius 3 is 2.61 bits per heavy atom. The van der Waals surface area contributed by atoms with Crippen molar-refractivity contribution < 1.29 is 0 Å². The van der Waals surface area contributed by atoms with Crippen LogP contribution >= 0.6 is 15.9 Å². The normalized spacial score (nSPS) is 12.4. The van der Waals surface area contributed by atoms with Crippen molar-refractivity contribution in [1.82, 2.24) is 5.32 Å². The van der Waals surface area contributed by atoms with Crippen LogP contribution in [0, 0.1) is 6.92 Å². The molecule has 0 amide bonds. The van der Waals surface area contributed by atoms with Gasteiger partial charge in [-0.3, -0.25) is 0 Å². The molecule has 2 rings (SSSR count). The number of halogens is 1. The zero-order valence-corrected chi connectivity index (χ0v) is 12.4. The number of benzene rings is 2. The molecular weight excluding hydrogens is 286 g/mol. The van der Waals surface area contributed by atoms with Crippen molar-refractivity contribution in [2.75, 3.05) is 0 Å². The van der Waals surface area contributed by atoms with Gasteiger partial charge in [0.25, 0.3) is 0 Å². The first-order valence-electron chi connectivity index (χ1n) is 6.20. The Morgan fingerprint density at radius 2 is 1.89 bits per heavy atom. The van der Waals surface area contributed by atoms with Gasteiger partial charge in [-0.2, -0.15) is 0 Å². The highest BCUT2D eigenvalue weighted by atomic mass is 79.9. The second-order valence-electron chi connectivity index (χ2n) is 4.59. The number of hydrogen-bond acceptors (Lipinski definition) is 1. The maximum Gasteiger partial charge on any atom is 0.0297 e. The summed E-state index contributed by atoms with van der Waals surface area (Å²) in [5.74, 6) is 0. The van der Waals surface area contributed by atoms with E-state index in [0.29, 0.717) is 6.04 Å². The second-order valence-corrected chi connectivity index (χ2v) is 5.50. The van der Waals surface area contributed by atoms with Crippen molar-refractivity contribution >= 4 is 15.9 Å². The Hall–Kier alpha value is -1.12. The highest BCUT2D eigenvalue weighted by Gasteiger charge is 2.06. The molecule has 2 heteroatoms. The van der Waals surface area contributed by atoms with E-state index in [1.807, 2.05) is 6.07 Å². The minimum Gasteiger partial charge on any atom is -0.306 e. The van der Waals surface area contributed by atoms with Gasteiger partial charge in [-0.1, -0.05) is 52.3 Å². The molecule has 0 bridgehead atoms. The van der Waals surface area contributed by atoms with Gasteiger partial charge >= 0.3 is 0 Å². The first-order chi connectivity index (χ1) is 8.66. The molecule has 0 radical (unpaired) electrons. The van der Waals surface area contributed by atoms with Gasteiger partial charge < -0.3 is 5.32 Å². The van der Waals surface area contributed by atoms with E-state index in [1.54, 1.807) is 0 Å². The first kappa shape index (κ1) is 13.3. The Bertz CT molecular complexity index is 522. The smallest absolute Gasteiger partial charge is 0.0297 e. The Balaban J connectivity index is 2.00. The fourth-order valence-electron chi connectivity index (χ4n) is 2.10. The van der Waals surface area contributed by atoms with Crippen molar-refractivity contribution in [3.8, 4) is 0 Å². The quantitative estimate of drug-likeness (QED) is 0.870. The highest BCUT2D eigenvalue weighted by Crippen LogP contribution is 2.18. The van der Waals surface area contributed by atoms with Crippen molar-refractivity contribution in [3.63, 3.8) is 0 Å². The van der Waals surface area contributed by atoms with E-state index in [-0.39, 0.29) is 0 Å². The molecule has 1 nitrogen and oxygen atoms in total. The SMILES string of the molecule is Cc1ccccc1[C@H](C)NCc1cccc(Br)c1. The molecule has 0 saturated heterocycles. The number of rotatable bonds is 4. The van der Waals surface area contributed by atoms with E-state index in [4.69, 9.17) is 0 Å². The van der Waals surface area contributed by atoms with E-state index in [9.17, 15) is 0 Å². The van der Waals surface area contributed by atoms with Crippen molar-refractivity contribution in [2.24, 2.45) is 0 Å². The van der Waals surface area contributed by atoms with Gasteiger partial charge in [0.15, 0.2) is 0 Å². The molecule has 0 unspecified atom stereocenters. The van der Waals surface area contributed by atoms with E-state index in [1.165, 1.54) is 16.7 Å². The predicted octanol–water partition coefficient (Wildman–Crippen LogP) is 4.61. The van der Waals surface area contributed by atoms with Gasteiger partial charge in [0.2, 0.25) is 0 Å². The monoisotopic (exact) mass is 303 g/mol. The van der Waals surface area contributed by atoms with Crippen LogP contribution in [-0.2, 0) is 6.54 Å².